The van der Waals surface area contributed by atoms with Crippen molar-refractivity contribution in [3.63, 3.8) is 0 Å². The van der Waals surface area contributed by atoms with Crippen molar-refractivity contribution >= 4 is 35.0 Å². The number of benzene rings is 1. The molecule has 0 atom stereocenters. The summed E-state index contributed by atoms with van der Waals surface area (Å²) in [5.41, 5.74) is 0.0683. The van der Waals surface area contributed by atoms with E-state index < -0.39 is 23.5 Å². The minimum atomic E-state index is -0.678. The number of rotatable bonds is 4. The molecule has 1 aromatic heterocycles. The molecule has 0 bridgehead atoms. The van der Waals surface area contributed by atoms with E-state index in [2.05, 4.69) is 5.10 Å². The Balaban J connectivity index is 2.64. The summed E-state index contributed by atoms with van der Waals surface area (Å²) in [4.78, 5) is 22.9. The summed E-state index contributed by atoms with van der Waals surface area (Å²) >= 11 is 11.5. The van der Waals surface area contributed by atoms with Gasteiger partial charge < -0.3 is 9.84 Å². The molecule has 0 spiro atoms. The number of ketones is 1. The zero-order chi connectivity index (χ0) is 15.6. The van der Waals surface area contributed by atoms with Gasteiger partial charge in [-0.05, 0) is 12.1 Å². The normalized spacial score (nSPS) is 10.4. The Kier molecular flexibility index (Phi) is 4.50. The van der Waals surface area contributed by atoms with Crippen LogP contribution in [-0.2, 0) is 4.79 Å². The van der Waals surface area contributed by atoms with Crippen molar-refractivity contribution in [1.29, 1.82) is 0 Å². The van der Waals surface area contributed by atoms with Crippen LogP contribution in [0, 0.1) is 0 Å². The smallest absolute Gasteiger partial charge is 0.309 e. The minimum absolute atomic E-state index is 0.264. The summed E-state index contributed by atoms with van der Waals surface area (Å²) in [7, 11) is 0. The number of esters is 1. The van der Waals surface area contributed by atoms with Gasteiger partial charge >= 0.3 is 5.97 Å². The van der Waals surface area contributed by atoms with Gasteiger partial charge in [0, 0.05) is 6.92 Å². The second-order valence-electron chi connectivity index (χ2n) is 4.02. The molecule has 0 aliphatic carbocycles. The van der Waals surface area contributed by atoms with Crippen molar-refractivity contribution in [3.05, 3.63) is 34.9 Å². The zero-order valence-corrected chi connectivity index (χ0v) is 12.4. The van der Waals surface area contributed by atoms with Crippen LogP contribution in [0.2, 0.25) is 5.02 Å². The third-order valence-corrected chi connectivity index (χ3v) is 3.11. The van der Waals surface area contributed by atoms with Crippen LogP contribution in [0.3, 0.4) is 0 Å². The molecule has 8 heteroatoms. The van der Waals surface area contributed by atoms with E-state index in [-0.39, 0.29) is 11.4 Å². The van der Waals surface area contributed by atoms with Crippen LogP contribution in [0.5, 0.6) is 11.8 Å². The van der Waals surface area contributed by atoms with Gasteiger partial charge in [-0.1, -0.05) is 23.7 Å². The highest BCUT2D eigenvalue weighted by molar-refractivity contribution is 6.32. The fraction of sp³-hybridized carbons (Fsp3) is 0.154. The molecular weight excluding hydrogens is 319 g/mol. The average Bonchev–Trinajstić information content (AvgIpc) is 2.74. The molecule has 0 amide bonds. The maximum Gasteiger partial charge on any atom is 0.309 e. The van der Waals surface area contributed by atoms with Gasteiger partial charge in [-0.15, -0.1) is 16.7 Å². The standard InChI is InChI=1S/C13H10Cl2N2O4/c1-7(18)21-12-11(10(19)6-14)13(20)17(16-12)9-5-3-2-4-8(9)15/h2-5,20H,6H2,1H3. The largest absolute Gasteiger partial charge is 0.493 e. The molecule has 0 aliphatic heterocycles. The van der Waals surface area contributed by atoms with Crippen molar-refractivity contribution in [2.45, 2.75) is 6.92 Å². The molecule has 0 saturated heterocycles. The Bertz CT molecular complexity index is 712. The van der Waals surface area contributed by atoms with Gasteiger partial charge in [0.15, 0.2) is 5.78 Å². The Morgan fingerprint density at radius 1 is 1.38 bits per heavy atom. The summed E-state index contributed by atoms with van der Waals surface area (Å²) < 4.78 is 5.85. The molecule has 110 valence electrons. The molecule has 2 aromatic rings. The van der Waals surface area contributed by atoms with Gasteiger partial charge in [-0.2, -0.15) is 4.68 Å². The number of carbonyl (C=O) groups is 2. The first kappa shape index (κ1) is 15.3. The number of ether oxygens (including phenoxy) is 1. The lowest BCUT2D eigenvalue weighted by Gasteiger charge is -2.04. The van der Waals surface area contributed by atoms with Gasteiger partial charge in [0.2, 0.25) is 5.88 Å². The fourth-order valence-electron chi connectivity index (χ4n) is 1.70. The number of alkyl halides is 1. The lowest BCUT2D eigenvalue weighted by Crippen LogP contribution is -2.07. The first-order valence-corrected chi connectivity index (χ1v) is 6.71. The Morgan fingerprint density at radius 2 is 2.05 bits per heavy atom. The van der Waals surface area contributed by atoms with Crippen LogP contribution in [0.1, 0.15) is 17.3 Å². The minimum Gasteiger partial charge on any atom is -0.493 e. The van der Waals surface area contributed by atoms with Crippen LogP contribution in [0.4, 0.5) is 0 Å². The second kappa shape index (κ2) is 6.15. The number of para-hydroxylation sites is 1. The number of carbonyl (C=O) groups excluding carboxylic acids is 2. The summed E-state index contributed by atoms with van der Waals surface area (Å²) in [6, 6.07) is 6.55. The maximum atomic E-state index is 11.8. The van der Waals surface area contributed by atoms with E-state index in [1.807, 2.05) is 0 Å². The third kappa shape index (κ3) is 3.01. The van der Waals surface area contributed by atoms with Crippen LogP contribution >= 0.6 is 23.2 Å². The van der Waals surface area contributed by atoms with Gasteiger partial charge in [0.05, 0.1) is 16.6 Å². The van der Waals surface area contributed by atoms with E-state index in [1.165, 1.54) is 0 Å². The first-order chi connectivity index (χ1) is 9.95. The molecular formula is C13H10Cl2N2O4. The molecule has 1 aromatic carbocycles. The lowest BCUT2D eigenvalue weighted by atomic mass is 10.2. The summed E-state index contributed by atoms with van der Waals surface area (Å²) in [6.45, 7) is 1.15. The fourth-order valence-corrected chi connectivity index (χ4v) is 2.05. The van der Waals surface area contributed by atoms with E-state index in [0.717, 1.165) is 11.6 Å². The number of nitrogens with zero attached hydrogens (tertiary/aromatic N) is 2. The highest BCUT2D eigenvalue weighted by Crippen LogP contribution is 2.33. The van der Waals surface area contributed by atoms with E-state index in [9.17, 15) is 14.7 Å². The monoisotopic (exact) mass is 328 g/mol. The first-order valence-electron chi connectivity index (χ1n) is 5.80. The molecule has 21 heavy (non-hydrogen) atoms. The molecule has 6 nitrogen and oxygen atoms in total. The maximum absolute atomic E-state index is 11.8. The molecule has 0 aliphatic rings. The Labute approximate surface area is 129 Å². The second-order valence-corrected chi connectivity index (χ2v) is 4.69. The molecule has 0 saturated carbocycles. The SMILES string of the molecule is CC(=O)Oc1nn(-c2ccccc2Cl)c(O)c1C(=O)CCl. The number of halogens is 2. The topological polar surface area (TPSA) is 81.4 Å². The third-order valence-electron chi connectivity index (χ3n) is 2.55. The van der Waals surface area contributed by atoms with Crippen molar-refractivity contribution in [2.75, 3.05) is 5.88 Å². The number of aromatic hydroxyl groups is 1. The molecule has 0 radical (unpaired) electrons. The van der Waals surface area contributed by atoms with Crippen molar-refractivity contribution in [2.24, 2.45) is 0 Å². The number of aromatic nitrogens is 2. The van der Waals surface area contributed by atoms with Crippen molar-refractivity contribution in [3.8, 4) is 17.4 Å². The average molecular weight is 329 g/mol. The predicted molar refractivity (Wildman–Crippen MR) is 76.6 cm³/mol. The van der Waals surface area contributed by atoms with Gasteiger partial charge in [-0.3, -0.25) is 9.59 Å². The number of hydrogen-bond acceptors (Lipinski definition) is 5. The zero-order valence-electron chi connectivity index (χ0n) is 10.8. The van der Waals surface area contributed by atoms with Crippen molar-refractivity contribution in [1.82, 2.24) is 9.78 Å². The number of hydrogen-bond donors (Lipinski definition) is 1. The molecule has 0 fully saturated rings. The molecule has 1 heterocycles. The highest BCUT2D eigenvalue weighted by atomic mass is 35.5. The van der Waals surface area contributed by atoms with E-state index in [0.29, 0.717) is 10.7 Å². The van der Waals surface area contributed by atoms with Crippen LogP contribution < -0.4 is 4.74 Å². The van der Waals surface area contributed by atoms with E-state index >= 15 is 0 Å². The Morgan fingerprint density at radius 3 is 2.62 bits per heavy atom. The van der Waals surface area contributed by atoms with Crippen LogP contribution in [-0.4, -0.2) is 32.5 Å². The van der Waals surface area contributed by atoms with Gasteiger partial charge in [0.1, 0.15) is 5.56 Å². The molecule has 1 N–H and O–H groups in total. The van der Waals surface area contributed by atoms with Crippen LogP contribution in [0.25, 0.3) is 5.69 Å². The van der Waals surface area contributed by atoms with Crippen LogP contribution in [0.15, 0.2) is 24.3 Å². The quantitative estimate of drug-likeness (QED) is 0.530. The van der Waals surface area contributed by atoms with Gasteiger partial charge in [-0.25, -0.2) is 0 Å². The number of Topliss-reactive ketones (excluding diaryl/α,β-unsaturated/α-hetero) is 1. The summed E-state index contributed by atoms with van der Waals surface area (Å²) in [5, 5.41) is 14.4. The van der Waals surface area contributed by atoms with E-state index in [1.54, 1.807) is 24.3 Å². The Hall–Kier alpha value is -2.05. The molecule has 0 unspecified atom stereocenters. The highest BCUT2D eigenvalue weighted by Gasteiger charge is 2.26. The van der Waals surface area contributed by atoms with Gasteiger partial charge in [0.25, 0.3) is 5.88 Å². The lowest BCUT2D eigenvalue weighted by molar-refractivity contribution is -0.132. The van der Waals surface area contributed by atoms with Crippen molar-refractivity contribution < 1.29 is 19.4 Å². The summed E-state index contributed by atoms with van der Waals surface area (Å²) in [6.07, 6.45) is 0. The predicted octanol–water partition coefficient (Wildman–Crippen LogP) is 2.58. The van der Waals surface area contributed by atoms with E-state index in [4.69, 9.17) is 27.9 Å². The summed E-state index contributed by atoms with van der Waals surface area (Å²) in [5.74, 6) is -2.50. The molecule has 2 rings (SSSR count).